The van der Waals surface area contributed by atoms with Crippen LogP contribution in [-0.2, 0) is 6.42 Å². The highest BCUT2D eigenvalue weighted by molar-refractivity contribution is 5.42. The Hall–Kier alpha value is -1.35. The number of hydrogen-bond acceptors (Lipinski definition) is 2. The summed E-state index contributed by atoms with van der Waals surface area (Å²) >= 11 is 0. The molecule has 0 aromatic carbocycles. The first-order valence-electron chi connectivity index (χ1n) is 6.46. The van der Waals surface area contributed by atoms with Crippen LogP contribution in [0.3, 0.4) is 0 Å². The van der Waals surface area contributed by atoms with Crippen molar-refractivity contribution in [2.45, 2.75) is 26.2 Å². The SMILES string of the molecule is Cc1ccn2cc(CC3CCNCC3)nc2c1. The first-order valence-corrected chi connectivity index (χ1v) is 6.46. The lowest BCUT2D eigenvalue weighted by Crippen LogP contribution is -2.28. The Bertz CT molecular complexity index is 509. The van der Waals surface area contributed by atoms with Gasteiger partial charge in [-0.3, -0.25) is 0 Å². The monoisotopic (exact) mass is 229 g/mol. The maximum atomic E-state index is 4.71. The molecule has 0 amide bonds. The van der Waals surface area contributed by atoms with Crippen LogP contribution in [0.1, 0.15) is 24.1 Å². The van der Waals surface area contributed by atoms with E-state index in [-0.39, 0.29) is 0 Å². The van der Waals surface area contributed by atoms with Crippen molar-refractivity contribution in [3.63, 3.8) is 0 Å². The van der Waals surface area contributed by atoms with Crippen molar-refractivity contribution in [3.05, 3.63) is 35.8 Å². The molecule has 90 valence electrons. The van der Waals surface area contributed by atoms with E-state index in [9.17, 15) is 0 Å². The van der Waals surface area contributed by atoms with E-state index in [4.69, 9.17) is 4.98 Å². The molecule has 1 aliphatic rings. The molecule has 1 aliphatic heterocycles. The van der Waals surface area contributed by atoms with Gasteiger partial charge in [0.05, 0.1) is 5.69 Å². The molecule has 17 heavy (non-hydrogen) atoms. The van der Waals surface area contributed by atoms with E-state index < -0.39 is 0 Å². The van der Waals surface area contributed by atoms with E-state index >= 15 is 0 Å². The van der Waals surface area contributed by atoms with Crippen LogP contribution in [0, 0.1) is 12.8 Å². The maximum Gasteiger partial charge on any atom is 0.137 e. The lowest BCUT2D eigenvalue weighted by atomic mass is 9.93. The Morgan fingerprint density at radius 1 is 1.41 bits per heavy atom. The number of hydrogen-bond donors (Lipinski definition) is 1. The fraction of sp³-hybridized carbons (Fsp3) is 0.500. The van der Waals surface area contributed by atoms with Crippen LogP contribution < -0.4 is 5.32 Å². The second kappa shape index (κ2) is 4.49. The van der Waals surface area contributed by atoms with Crippen molar-refractivity contribution in [3.8, 4) is 0 Å². The Balaban J connectivity index is 1.80. The molecule has 0 aliphatic carbocycles. The third kappa shape index (κ3) is 2.34. The largest absolute Gasteiger partial charge is 0.317 e. The number of pyridine rings is 1. The molecule has 3 heteroatoms. The number of nitrogens with one attached hydrogen (secondary N) is 1. The van der Waals surface area contributed by atoms with Crippen molar-refractivity contribution in [2.24, 2.45) is 5.92 Å². The first-order chi connectivity index (χ1) is 8.31. The molecule has 0 bridgehead atoms. The number of rotatable bonds is 2. The summed E-state index contributed by atoms with van der Waals surface area (Å²) in [6, 6.07) is 4.27. The van der Waals surface area contributed by atoms with E-state index in [1.807, 2.05) is 0 Å². The first kappa shape index (κ1) is 10.8. The van der Waals surface area contributed by atoms with E-state index in [1.165, 1.54) is 24.1 Å². The van der Waals surface area contributed by atoms with Gasteiger partial charge in [0.15, 0.2) is 0 Å². The summed E-state index contributed by atoms with van der Waals surface area (Å²) in [5.41, 5.74) is 3.59. The fourth-order valence-corrected chi connectivity index (χ4v) is 2.62. The number of piperidine rings is 1. The quantitative estimate of drug-likeness (QED) is 0.855. The molecule has 3 nitrogen and oxygen atoms in total. The Labute approximate surface area is 102 Å². The summed E-state index contributed by atoms with van der Waals surface area (Å²) < 4.78 is 2.13. The normalized spacial score (nSPS) is 17.7. The lowest BCUT2D eigenvalue weighted by molar-refractivity contribution is 0.370. The zero-order valence-electron chi connectivity index (χ0n) is 10.3. The molecule has 0 unspecified atom stereocenters. The highest BCUT2D eigenvalue weighted by Crippen LogP contribution is 2.18. The summed E-state index contributed by atoms with van der Waals surface area (Å²) in [5.74, 6) is 0.808. The molecule has 0 spiro atoms. The van der Waals surface area contributed by atoms with Crippen LogP contribution in [0.5, 0.6) is 0 Å². The molecular weight excluding hydrogens is 210 g/mol. The number of nitrogens with zero attached hydrogens (tertiary/aromatic N) is 2. The standard InChI is InChI=1S/C14H19N3/c1-11-4-7-17-10-13(16-14(17)8-11)9-12-2-5-15-6-3-12/h4,7-8,10,12,15H,2-3,5-6,9H2,1H3. The molecule has 1 fully saturated rings. The Kier molecular flexibility index (Phi) is 2.85. The predicted octanol–water partition coefficient (Wildman–Crippen LogP) is 2.18. The third-order valence-electron chi connectivity index (χ3n) is 3.62. The fourth-order valence-electron chi connectivity index (χ4n) is 2.62. The summed E-state index contributed by atoms with van der Waals surface area (Å²) in [7, 11) is 0. The Morgan fingerprint density at radius 3 is 3.06 bits per heavy atom. The molecular formula is C14H19N3. The summed E-state index contributed by atoms with van der Waals surface area (Å²) in [5, 5.41) is 3.41. The summed E-state index contributed by atoms with van der Waals surface area (Å²) in [6.07, 6.45) is 7.97. The highest BCUT2D eigenvalue weighted by atomic mass is 15.0. The van der Waals surface area contributed by atoms with Crippen LogP contribution in [-0.4, -0.2) is 22.5 Å². The van der Waals surface area contributed by atoms with Gasteiger partial charge in [-0.05, 0) is 62.9 Å². The van der Waals surface area contributed by atoms with Gasteiger partial charge in [-0.2, -0.15) is 0 Å². The van der Waals surface area contributed by atoms with Crippen molar-refractivity contribution in [1.82, 2.24) is 14.7 Å². The van der Waals surface area contributed by atoms with E-state index in [0.29, 0.717) is 0 Å². The van der Waals surface area contributed by atoms with Crippen LogP contribution in [0.15, 0.2) is 24.5 Å². The molecule has 0 radical (unpaired) electrons. The van der Waals surface area contributed by atoms with Crippen LogP contribution >= 0.6 is 0 Å². The van der Waals surface area contributed by atoms with Gasteiger partial charge < -0.3 is 9.72 Å². The summed E-state index contributed by atoms with van der Waals surface area (Å²) in [6.45, 7) is 4.44. The zero-order valence-corrected chi connectivity index (χ0v) is 10.3. The minimum absolute atomic E-state index is 0.808. The van der Waals surface area contributed by atoms with Gasteiger partial charge in [-0.15, -0.1) is 0 Å². The van der Waals surface area contributed by atoms with Gasteiger partial charge in [0.2, 0.25) is 0 Å². The van der Waals surface area contributed by atoms with Gasteiger partial charge in [0.25, 0.3) is 0 Å². The average molecular weight is 229 g/mol. The van der Waals surface area contributed by atoms with Crippen molar-refractivity contribution in [2.75, 3.05) is 13.1 Å². The number of imidazole rings is 1. The number of aryl methyl sites for hydroxylation is 1. The van der Waals surface area contributed by atoms with Crippen molar-refractivity contribution < 1.29 is 0 Å². The molecule has 1 saturated heterocycles. The maximum absolute atomic E-state index is 4.71. The average Bonchev–Trinajstić information content (AvgIpc) is 2.71. The van der Waals surface area contributed by atoms with Crippen molar-refractivity contribution >= 4 is 5.65 Å². The topological polar surface area (TPSA) is 29.3 Å². The van der Waals surface area contributed by atoms with Crippen LogP contribution in [0.25, 0.3) is 5.65 Å². The van der Waals surface area contributed by atoms with Gasteiger partial charge in [-0.25, -0.2) is 4.98 Å². The van der Waals surface area contributed by atoms with E-state index in [2.05, 4.69) is 41.2 Å². The van der Waals surface area contributed by atoms with E-state index in [1.54, 1.807) is 0 Å². The van der Waals surface area contributed by atoms with Gasteiger partial charge in [0, 0.05) is 12.4 Å². The minimum Gasteiger partial charge on any atom is -0.317 e. The second-order valence-electron chi connectivity index (χ2n) is 5.10. The molecule has 0 saturated carbocycles. The lowest BCUT2D eigenvalue weighted by Gasteiger charge is -2.21. The van der Waals surface area contributed by atoms with E-state index in [0.717, 1.165) is 31.1 Å². The molecule has 3 heterocycles. The second-order valence-corrected chi connectivity index (χ2v) is 5.10. The molecule has 0 atom stereocenters. The molecule has 2 aromatic heterocycles. The van der Waals surface area contributed by atoms with Crippen LogP contribution in [0.4, 0.5) is 0 Å². The number of fused-ring (bicyclic) bond motifs is 1. The third-order valence-corrected chi connectivity index (χ3v) is 3.62. The van der Waals surface area contributed by atoms with Gasteiger partial charge >= 0.3 is 0 Å². The minimum atomic E-state index is 0.808. The highest BCUT2D eigenvalue weighted by Gasteiger charge is 2.15. The smallest absolute Gasteiger partial charge is 0.137 e. The molecule has 1 N–H and O–H groups in total. The summed E-state index contributed by atoms with van der Waals surface area (Å²) in [4.78, 5) is 4.71. The predicted molar refractivity (Wildman–Crippen MR) is 69.2 cm³/mol. The zero-order chi connectivity index (χ0) is 11.7. The Morgan fingerprint density at radius 2 is 2.24 bits per heavy atom. The van der Waals surface area contributed by atoms with Gasteiger partial charge in [-0.1, -0.05) is 0 Å². The van der Waals surface area contributed by atoms with Crippen LogP contribution in [0.2, 0.25) is 0 Å². The van der Waals surface area contributed by atoms with Gasteiger partial charge in [0.1, 0.15) is 5.65 Å². The van der Waals surface area contributed by atoms with Crippen molar-refractivity contribution in [1.29, 1.82) is 0 Å². The number of aromatic nitrogens is 2. The molecule has 2 aromatic rings. The molecule has 3 rings (SSSR count).